The highest BCUT2D eigenvalue weighted by Crippen LogP contribution is 2.34. The quantitative estimate of drug-likeness (QED) is 0.488. The molecule has 0 aliphatic heterocycles. The Kier molecular flexibility index (Phi) is 3.88. The van der Waals surface area contributed by atoms with E-state index in [9.17, 15) is 15.2 Å². The summed E-state index contributed by atoms with van der Waals surface area (Å²) in [5, 5.41) is 20.3. The van der Waals surface area contributed by atoms with Gasteiger partial charge in [0, 0.05) is 0 Å². The van der Waals surface area contributed by atoms with Crippen molar-refractivity contribution in [1.82, 2.24) is 0 Å². The van der Waals surface area contributed by atoms with Crippen molar-refractivity contribution in [1.29, 1.82) is 0 Å². The predicted octanol–water partition coefficient (Wildman–Crippen LogP) is 1.88. The first kappa shape index (κ1) is 11.7. The third kappa shape index (κ3) is 2.37. The van der Waals surface area contributed by atoms with Gasteiger partial charge in [0.25, 0.3) is 0 Å². The van der Waals surface area contributed by atoms with Gasteiger partial charge < -0.3 is 9.84 Å². The van der Waals surface area contributed by atoms with Crippen LogP contribution in [0.15, 0.2) is 18.2 Å². The number of methoxy groups -OCH3 is 1. The fraction of sp³-hybridized carbons (Fsp3) is 0.333. The molecular weight excluding hydrogens is 222 g/mol. The van der Waals surface area contributed by atoms with Gasteiger partial charge in [-0.15, -0.1) is 11.6 Å². The number of benzene rings is 1. The summed E-state index contributed by atoms with van der Waals surface area (Å²) in [7, 11) is 1.33. The highest BCUT2D eigenvalue weighted by Gasteiger charge is 2.24. The zero-order chi connectivity index (χ0) is 11.4. The number of aliphatic hydroxyl groups is 1. The van der Waals surface area contributed by atoms with Crippen LogP contribution in [-0.4, -0.2) is 23.0 Å². The monoisotopic (exact) mass is 231 g/mol. The Bertz CT molecular complexity index is 369. The van der Waals surface area contributed by atoms with Gasteiger partial charge in [-0.1, -0.05) is 6.07 Å². The molecule has 0 aliphatic carbocycles. The fourth-order valence-electron chi connectivity index (χ4n) is 1.25. The number of alkyl halides is 1. The number of hydrogen-bond acceptors (Lipinski definition) is 4. The predicted molar refractivity (Wildman–Crippen MR) is 55.3 cm³/mol. The molecule has 15 heavy (non-hydrogen) atoms. The van der Waals surface area contributed by atoms with Crippen molar-refractivity contribution in [2.75, 3.05) is 13.0 Å². The molecule has 82 valence electrons. The number of nitro groups is 1. The van der Waals surface area contributed by atoms with E-state index in [4.69, 9.17) is 16.3 Å². The van der Waals surface area contributed by atoms with Crippen molar-refractivity contribution in [2.45, 2.75) is 6.10 Å². The van der Waals surface area contributed by atoms with Gasteiger partial charge in [-0.05, 0) is 12.1 Å². The molecule has 1 aromatic carbocycles. The Labute approximate surface area is 91.4 Å². The first-order chi connectivity index (χ1) is 7.11. The summed E-state index contributed by atoms with van der Waals surface area (Å²) in [4.78, 5) is 10.2. The SMILES string of the molecule is COc1cccc(C(O)CCl)c1[N+](=O)[O-]. The van der Waals surface area contributed by atoms with Crippen molar-refractivity contribution in [3.63, 3.8) is 0 Å². The topological polar surface area (TPSA) is 72.6 Å². The second-order valence-electron chi connectivity index (χ2n) is 2.83. The number of para-hydroxylation sites is 1. The zero-order valence-corrected chi connectivity index (χ0v) is 8.77. The number of nitrogens with zero attached hydrogens (tertiary/aromatic N) is 1. The number of ether oxygens (including phenoxy) is 1. The van der Waals surface area contributed by atoms with Gasteiger partial charge in [0.1, 0.15) is 0 Å². The van der Waals surface area contributed by atoms with Crippen molar-refractivity contribution < 1.29 is 14.8 Å². The molecule has 1 atom stereocenters. The van der Waals surface area contributed by atoms with Crippen molar-refractivity contribution in [2.24, 2.45) is 0 Å². The van der Waals surface area contributed by atoms with Gasteiger partial charge in [-0.2, -0.15) is 0 Å². The van der Waals surface area contributed by atoms with Gasteiger partial charge in [0.2, 0.25) is 0 Å². The molecule has 0 heterocycles. The third-order valence-corrected chi connectivity index (χ3v) is 2.23. The van der Waals surface area contributed by atoms with Crippen LogP contribution in [-0.2, 0) is 0 Å². The number of halogens is 1. The molecule has 0 saturated carbocycles. The molecule has 0 aromatic heterocycles. The van der Waals surface area contributed by atoms with E-state index in [1.807, 2.05) is 0 Å². The fourth-order valence-corrected chi connectivity index (χ4v) is 1.42. The van der Waals surface area contributed by atoms with Gasteiger partial charge in [0.05, 0.1) is 29.6 Å². The maximum atomic E-state index is 10.8. The number of nitro benzene ring substituents is 1. The summed E-state index contributed by atoms with van der Waals surface area (Å²) in [5.74, 6) is 0.00949. The summed E-state index contributed by atoms with van der Waals surface area (Å²) < 4.78 is 4.85. The van der Waals surface area contributed by atoms with Crippen LogP contribution in [0.3, 0.4) is 0 Å². The Balaban J connectivity index is 3.31. The van der Waals surface area contributed by atoms with E-state index >= 15 is 0 Å². The van der Waals surface area contributed by atoms with Gasteiger partial charge in [0.15, 0.2) is 5.75 Å². The summed E-state index contributed by atoms with van der Waals surface area (Å²) >= 11 is 5.45. The molecular formula is C9H10ClNO4. The Morgan fingerprint density at radius 1 is 1.67 bits per heavy atom. The molecule has 1 rings (SSSR count). The van der Waals surface area contributed by atoms with Crippen LogP contribution in [0.2, 0.25) is 0 Å². The van der Waals surface area contributed by atoms with Gasteiger partial charge >= 0.3 is 5.69 Å². The normalized spacial score (nSPS) is 12.2. The van der Waals surface area contributed by atoms with Crippen LogP contribution < -0.4 is 4.74 Å². The Hall–Kier alpha value is -1.33. The van der Waals surface area contributed by atoms with E-state index in [2.05, 4.69) is 0 Å². The highest BCUT2D eigenvalue weighted by molar-refractivity contribution is 6.18. The molecule has 0 radical (unpaired) electrons. The zero-order valence-electron chi connectivity index (χ0n) is 8.01. The maximum Gasteiger partial charge on any atom is 0.316 e. The average Bonchev–Trinajstić information content (AvgIpc) is 2.26. The lowest BCUT2D eigenvalue weighted by Crippen LogP contribution is -2.05. The number of aliphatic hydroxyl groups excluding tert-OH is 1. The Morgan fingerprint density at radius 2 is 2.33 bits per heavy atom. The Morgan fingerprint density at radius 3 is 2.80 bits per heavy atom. The van der Waals surface area contributed by atoms with Crippen molar-refractivity contribution >= 4 is 17.3 Å². The summed E-state index contributed by atoms with van der Waals surface area (Å²) in [5.41, 5.74) is -0.0810. The molecule has 6 heteroatoms. The van der Waals surface area contributed by atoms with E-state index in [1.54, 1.807) is 6.07 Å². The lowest BCUT2D eigenvalue weighted by atomic mass is 10.1. The van der Waals surface area contributed by atoms with Crippen LogP contribution >= 0.6 is 11.6 Å². The molecule has 0 saturated heterocycles. The van der Waals surface area contributed by atoms with Crippen LogP contribution in [0.1, 0.15) is 11.7 Å². The minimum atomic E-state index is -1.07. The third-order valence-electron chi connectivity index (χ3n) is 1.94. The molecule has 0 bridgehead atoms. The largest absolute Gasteiger partial charge is 0.490 e. The molecule has 0 fully saturated rings. The van der Waals surface area contributed by atoms with Crippen LogP contribution in [0.25, 0.3) is 0 Å². The van der Waals surface area contributed by atoms with E-state index in [1.165, 1.54) is 19.2 Å². The highest BCUT2D eigenvalue weighted by atomic mass is 35.5. The van der Waals surface area contributed by atoms with Crippen molar-refractivity contribution in [3.8, 4) is 5.75 Å². The molecule has 5 nitrogen and oxygen atoms in total. The lowest BCUT2D eigenvalue weighted by molar-refractivity contribution is -0.387. The van der Waals surface area contributed by atoms with Crippen LogP contribution in [0.4, 0.5) is 5.69 Å². The number of rotatable bonds is 4. The molecule has 1 unspecified atom stereocenters. The first-order valence-corrected chi connectivity index (χ1v) is 4.70. The second-order valence-corrected chi connectivity index (χ2v) is 3.13. The number of hydrogen-bond donors (Lipinski definition) is 1. The molecule has 0 amide bonds. The van der Waals surface area contributed by atoms with Crippen LogP contribution in [0.5, 0.6) is 5.75 Å². The first-order valence-electron chi connectivity index (χ1n) is 4.17. The molecule has 0 aliphatic rings. The molecule has 0 spiro atoms. The standard InChI is InChI=1S/C9H10ClNO4/c1-15-8-4-2-3-6(7(12)5-10)9(8)11(13)14/h2-4,7,12H,5H2,1H3. The minimum absolute atomic E-state index is 0.103. The summed E-state index contributed by atoms with van der Waals surface area (Å²) in [6, 6.07) is 4.48. The smallest absolute Gasteiger partial charge is 0.316 e. The van der Waals surface area contributed by atoms with Gasteiger partial charge in [-0.25, -0.2) is 0 Å². The molecule has 1 N–H and O–H groups in total. The van der Waals surface area contributed by atoms with E-state index in [0.29, 0.717) is 0 Å². The van der Waals surface area contributed by atoms with E-state index in [-0.39, 0.29) is 22.9 Å². The average molecular weight is 232 g/mol. The lowest BCUT2D eigenvalue weighted by Gasteiger charge is -2.09. The van der Waals surface area contributed by atoms with E-state index < -0.39 is 11.0 Å². The second kappa shape index (κ2) is 4.95. The summed E-state index contributed by atoms with van der Waals surface area (Å²) in [6.45, 7) is 0. The maximum absolute atomic E-state index is 10.8. The summed E-state index contributed by atoms with van der Waals surface area (Å²) in [6.07, 6.45) is -1.07. The minimum Gasteiger partial charge on any atom is -0.490 e. The molecule has 1 aromatic rings. The van der Waals surface area contributed by atoms with E-state index in [0.717, 1.165) is 0 Å². The van der Waals surface area contributed by atoms with Crippen LogP contribution in [0, 0.1) is 10.1 Å². The van der Waals surface area contributed by atoms with Crippen molar-refractivity contribution in [3.05, 3.63) is 33.9 Å². The van der Waals surface area contributed by atoms with Gasteiger partial charge in [-0.3, -0.25) is 10.1 Å².